The van der Waals surface area contributed by atoms with E-state index in [-0.39, 0.29) is 11.9 Å². The second-order valence-corrected chi connectivity index (χ2v) is 5.11. The Kier molecular flexibility index (Phi) is 6.17. The number of benzene rings is 1. The third-order valence-electron chi connectivity index (χ3n) is 3.79. The molecule has 1 rings (SSSR count). The van der Waals surface area contributed by atoms with E-state index in [4.69, 9.17) is 4.74 Å². The number of carbonyl (C=O) groups is 1. The van der Waals surface area contributed by atoms with Gasteiger partial charge in [0.25, 0.3) is 5.91 Å². The molecule has 0 bridgehead atoms. The van der Waals surface area contributed by atoms with Crippen molar-refractivity contribution in [2.45, 2.75) is 45.8 Å². The van der Waals surface area contributed by atoms with Gasteiger partial charge in [0.2, 0.25) is 0 Å². The largest absolute Gasteiger partial charge is 0.369 e. The van der Waals surface area contributed by atoms with Crippen molar-refractivity contribution < 1.29 is 9.53 Å². The molecule has 0 aliphatic carbocycles. The molecular weight excluding hydrogens is 252 g/mol. The van der Waals surface area contributed by atoms with E-state index in [1.165, 1.54) is 0 Å². The van der Waals surface area contributed by atoms with Crippen molar-refractivity contribution in [3.63, 3.8) is 0 Å². The van der Waals surface area contributed by atoms with Crippen LogP contribution in [0, 0.1) is 0 Å². The van der Waals surface area contributed by atoms with E-state index >= 15 is 0 Å². The molecule has 1 amide bonds. The maximum Gasteiger partial charge on any atom is 0.256 e. The van der Waals surface area contributed by atoms with Crippen molar-refractivity contribution >= 4 is 11.6 Å². The number of hydrogen-bond acceptors (Lipinski definition) is 3. The molecule has 1 aromatic carbocycles. The fraction of sp³-hybridized carbons (Fsp3) is 0.562. The topological polar surface area (TPSA) is 50.4 Å². The average Bonchev–Trinajstić information content (AvgIpc) is 2.47. The summed E-state index contributed by atoms with van der Waals surface area (Å²) in [5, 5.41) is 6.35. The van der Waals surface area contributed by atoms with Crippen LogP contribution in [0.3, 0.4) is 0 Å². The summed E-state index contributed by atoms with van der Waals surface area (Å²) in [4.78, 5) is 12.4. The molecule has 0 saturated heterocycles. The van der Waals surface area contributed by atoms with Gasteiger partial charge in [-0.2, -0.15) is 0 Å². The highest BCUT2D eigenvalue weighted by atomic mass is 16.5. The second-order valence-electron chi connectivity index (χ2n) is 5.11. The molecule has 2 atom stereocenters. The van der Waals surface area contributed by atoms with Crippen molar-refractivity contribution in [1.82, 2.24) is 5.32 Å². The van der Waals surface area contributed by atoms with Crippen molar-refractivity contribution in [2.75, 3.05) is 19.0 Å². The molecule has 2 N–H and O–H groups in total. The number of carbonyl (C=O) groups excluding carboxylic acids is 1. The van der Waals surface area contributed by atoms with E-state index in [1.54, 1.807) is 14.0 Å². The summed E-state index contributed by atoms with van der Waals surface area (Å²) in [6.07, 6.45) is 0.625. The van der Waals surface area contributed by atoms with E-state index < -0.39 is 5.60 Å². The predicted octanol–water partition coefficient (Wildman–Crippen LogP) is 3.11. The summed E-state index contributed by atoms with van der Waals surface area (Å²) < 4.78 is 5.34. The molecule has 0 radical (unpaired) electrons. The number of para-hydroxylation sites is 1. The van der Waals surface area contributed by atoms with E-state index in [9.17, 15) is 4.79 Å². The minimum absolute atomic E-state index is 0.112. The Bertz CT molecular complexity index is 442. The highest BCUT2D eigenvalue weighted by Crippen LogP contribution is 2.24. The van der Waals surface area contributed by atoms with Gasteiger partial charge in [0.05, 0.1) is 0 Å². The lowest BCUT2D eigenvalue weighted by Gasteiger charge is -2.26. The number of ether oxygens (including phenoxy) is 1. The van der Waals surface area contributed by atoms with Crippen LogP contribution >= 0.6 is 0 Å². The lowest BCUT2D eigenvalue weighted by atomic mass is 10.0. The molecule has 2 unspecified atom stereocenters. The third-order valence-corrected chi connectivity index (χ3v) is 3.79. The van der Waals surface area contributed by atoms with Crippen molar-refractivity contribution in [2.24, 2.45) is 0 Å². The van der Waals surface area contributed by atoms with Gasteiger partial charge < -0.3 is 15.4 Å². The second kappa shape index (κ2) is 7.41. The first-order valence-electron chi connectivity index (χ1n) is 7.17. The Morgan fingerprint density at radius 2 is 2.00 bits per heavy atom. The Morgan fingerprint density at radius 3 is 2.55 bits per heavy atom. The lowest BCUT2D eigenvalue weighted by molar-refractivity contribution is -0.136. The molecule has 0 heterocycles. The van der Waals surface area contributed by atoms with Crippen LogP contribution in [0.5, 0.6) is 0 Å². The molecule has 4 heteroatoms. The Balaban J connectivity index is 2.95. The Morgan fingerprint density at radius 1 is 1.35 bits per heavy atom. The minimum Gasteiger partial charge on any atom is -0.369 e. The summed E-state index contributed by atoms with van der Waals surface area (Å²) >= 11 is 0. The van der Waals surface area contributed by atoms with Gasteiger partial charge in [-0.1, -0.05) is 32.0 Å². The molecular formula is C16H26N2O2. The van der Waals surface area contributed by atoms with E-state index in [0.717, 1.165) is 17.8 Å². The van der Waals surface area contributed by atoms with Crippen LogP contribution in [0.15, 0.2) is 24.3 Å². The molecule has 0 aromatic heterocycles. The standard InChI is InChI=1S/C16H26N2O2/c1-6-16(4,20-5)15(19)18-14-11-9-8-10-13(14)12(3)17-7-2/h8-12,17H,6-7H2,1-5H3,(H,18,19). The van der Waals surface area contributed by atoms with Gasteiger partial charge >= 0.3 is 0 Å². The molecule has 4 nitrogen and oxygen atoms in total. The zero-order valence-electron chi connectivity index (χ0n) is 13.1. The average molecular weight is 278 g/mol. The summed E-state index contributed by atoms with van der Waals surface area (Å²) in [5.41, 5.74) is 1.12. The zero-order valence-corrected chi connectivity index (χ0v) is 13.1. The Hall–Kier alpha value is -1.39. The summed E-state index contributed by atoms with van der Waals surface area (Å²) in [7, 11) is 1.57. The van der Waals surface area contributed by atoms with Gasteiger partial charge in [0, 0.05) is 18.8 Å². The number of methoxy groups -OCH3 is 1. The molecule has 112 valence electrons. The van der Waals surface area contributed by atoms with Crippen LogP contribution in [-0.4, -0.2) is 25.2 Å². The van der Waals surface area contributed by atoms with E-state index in [1.807, 2.05) is 31.2 Å². The van der Waals surface area contributed by atoms with Gasteiger partial charge in [-0.05, 0) is 38.4 Å². The summed E-state index contributed by atoms with van der Waals surface area (Å²) in [6.45, 7) is 8.78. The normalized spacial score (nSPS) is 15.4. The Labute approximate surface area is 121 Å². The maximum atomic E-state index is 12.4. The van der Waals surface area contributed by atoms with Crippen LogP contribution < -0.4 is 10.6 Å². The van der Waals surface area contributed by atoms with Gasteiger partial charge in [0.1, 0.15) is 5.60 Å². The van der Waals surface area contributed by atoms with Gasteiger partial charge in [0.15, 0.2) is 0 Å². The zero-order chi connectivity index (χ0) is 15.2. The fourth-order valence-electron chi connectivity index (χ4n) is 2.06. The first-order valence-corrected chi connectivity index (χ1v) is 7.17. The van der Waals surface area contributed by atoms with Gasteiger partial charge in [-0.15, -0.1) is 0 Å². The number of rotatable bonds is 7. The molecule has 0 saturated carbocycles. The quantitative estimate of drug-likeness (QED) is 0.805. The van der Waals surface area contributed by atoms with Crippen molar-refractivity contribution in [3.8, 4) is 0 Å². The van der Waals surface area contributed by atoms with E-state index in [2.05, 4.69) is 24.5 Å². The lowest BCUT2D eigenvalue weighted by Crippen LogP contribution is -2.41. The molecule has 0 spiro atoms. The molecule has 0 aliphatic rings. The summed E-state index contributed by atoms with van der Waals surface area (Å²) in [6, 6.07) is 8.04. The number of nitrogens with one attached hydrogen (secondary N) is 2. The highest BCUT2D eigenvalue weighted by molar-refractivity contribution is 5.97. The summed E-state index contributed by atoms with van der Waals surface area (Å²) in [5.74, 6) is -0.112. The predicted molar refractivity (Wildman–Crippen MR) is 82.9 cm³/mol. The smallest absolute Gasteiger partial charge is 0.256 e. The highest BCUT2D eigenvalue weighted by Gasteiger charge is 2.31. The molecule has 1 aromatic rings. The minimum atomic E-state index is -0.797. The van der Waals surface area contributed by atoms with Crippen LogP contribution in [0.1, 0.15) is 45.7 Å². The molecule has 0 fully saturated rings. The number of hydrogen-bond donors (Lipinski definition) is 2. The third kappa shape index (κ3) is 3.81. The van der Waals surface area contributed by atoms with Crippen molar-refractivity contribution in [1.29, 1.82) is 0 Å². The fourth-order valence-corrected chi connectivity index (χ4v) is 2.06. The number of amides is 1. The van der Waals surface area contributed by atoms with Crippen LogP contribution in [0.4, 0.5) is 5.69 Å². The van der Waals surface area contributed by atoms with Gasteiger partial charge in [-0.3, -0.25) is 4.79 Å². The number of anilines is 1. The molecule has 20 heavy (non-hydrogen) atoms. The van der Waals surface area contributed by atoms with Crippen molar-refractivity contribution in [3.05, 3.63) is 29.8 Å². The van der Waals surface area contributed by atoms with Crippen LogP contribution in [0.25, 0.3) is 0 Å². The first kappa shape index (κ1) is 16.7. The first-order chi connectivity index (χ1) is 9.48. The van der Waals surface area contributed by atoms with Crippen LogP contribution in [-0.2, 0) is 9.53 Å². The van der Waals surface area contributed by atoms with Gasteiger partial charge in [-0.25, -0.2) is 0 Å². The monoisotopic (exact) mass is 278 g/mol. The van der Waals surface area contributed by atoms with Crippen LogP contribution in [0.2, 0.25) is 0 Å². The maximum absolute atomic E-state index is 12.4. The SMILES string of the molecule is CCNC(C)c1ccccc1NC(=O)C(C)(CC)OC. The van der Waals surface area contributed by atoms with E-state index in [0.29, 0.717) is 6.42 Å². The molecule has 0 aliphatic heterocycles.